The van der Waals surface area contributed by atoms with Crippen LogP contribution < -0.4 is 0 Å². The fourth-order valence-corrected chi connectivity index (χ4v) is 1.85. The number of pyridine rings is 1. The molecule has 0 aliphatic carbocycles. The van der Waals surface area contributed by atoms with Crippen LogP contribution in [0.4, 0.5) is 0 Å². The molecule has 0 saturated carbocycles. The lowest BCUT2D eigenvalue weighted by Gasteiger charge is -1.98. The fourth-order valence-electron chi connectivity index (χ4n) is 1.16. The number of fused-ring (bicyclic) bond motifs is 1. The summed E-state index contributed by atoms with van der Waals surface area (Å²) in [6, 6.07) is 12.1. The number of rotatable bonds is 2. The van der Waals surface area contributed by atoms with Crippen molar-refractivity contribution in [3.8, 4) is 0 Å². The van der Waals surface area contributed by atoms with E-state index in [-0.39, 0.29) is 0 Å². The Bertz CT molecular complexity index is 440. The van der Waals surface area contributed by atoms with Gasteiger partial charge in [0.25, 0.3) is 0 Å². The number of thiocarbonyl (C=S) groups is 1. The minimum Gasteiger partial charge on any atom is -0.241 e. The molecule has 0 unspecified atom stereocenters. The summed E-state index contributed by atoms with van der Waals surface area (Å²) < 4.78 is 1.62. The number of nitrogens with zero attached hydrogens (tertiary/aromatic N) is 1. The Kier molecular flexibility index (Phi) is 2.57. The maximum Gasteiger partial charge on any atom is 0.102 e. The summed E-state index contributed by atoms with van der Waals surface area (Å²) in [5.41, 5.74) is 1.02. The van der Waals surface area contributed by atoms with Gasteiger partial charge in [-0.1, -0.05) is 48.2 Å². The van der Waals surface area contributed by atoms with E-state index in [0.29, 0.717) is 0 Å². The third-order valence-electron chi connectivity index (χ3n) is 1.74. The molecule has 64 valence electrons. The first kappa shape index (κ1) is 8.66. The van der Waals surface area contributed by atoms with Gasteiger partial charge in [-0.05, 0) is 12.1 Å². The average molecular weight is 205 g/mol. The molecule has 0 fully saturated rings. The van der Waals surface area contributed by atoms with Crippen LogP contribution in [0, 0.1) is 0 Å². The summed E-state index contributed by atoms with van der Waals surface area (Å²) in [4.78, 5) is 4.43. The van der Waals surface area contributed by atoms with Crippen LogP contribution in [0.1, 0.15) is 0 Å². The van der Waals surface area contributed by atoms with Crippen molar-refractivity contribution in [3.63, 3.8) is 0 Å². The highest BCUT2D eigenvalue weighted by molar-refractivity contribution is 8.20. The van der Waals surface area contributed by atoms with Gasteiger partial charge in [0.2, 0.25) is 0 Å². The van der Waals surface area contributed by atoms with Crippen molar-refractivity contribution in [2.45, 2.75) is 5.03 Å². The second-order valence-electron chi connectivity index (χ2n) is 2.56. The van der Waals surface area contributed by atoms with E-state index in [4.69, 9.17) is 12.2 Å². The summed E-state index contributed by atoms with van der Waals surface area (Å²) in [6.45, 7) is 0. The Morgan fingerprint density at radius 3 is 2.85 bits per heavy atom. The van der Waals surface area contributed by atoms with Gasteiger partial charge in [-0.2, -0.15) is 0 Å². The molecule has 0 radical (unpaired) electrons. The Morgan fingerprint density at radius 2 is 2.00 bits per heavy atom. The van der Waals surface area contributed by atoms with Crippen LogP contribution in [-0.4, -0.2) is 9.68 Å². The van der Waals surface area contributed by atoms with Crippen LogP contribution in [-0.2, 0) is 0 Å². The minimum atomic E-state index is 0.953. The lowest BCUT2D eigenvalue weighted by molar-refractivity contribution is 1.20. The Morgan fingerprint density at radius 1 is 1.15 bits per heavy atom. The molecule has 3 heteroatoms. The highest BCUT2D eigenvalue weighted by atomic mass is 32.2. The van der Waals surface area contributed by atoms with E-state index in [9.17, 15) is 0 Å². The minimum absolute atomic E-state index is 0.953. The summed E-state index contributed by atoms with van der Waals surface area (Å²) in [5.74, 6) is 0. The molecule has 0 atom stereocenters. The molecule has 0 N–H and O–H groups in total. The smallest absolute Gasteiger partial charge is 0.102 e. The highest BCUT2D eigenvalue weighted by Crippen LogP contribution is 2.17. The molecule has 0 bridgehead atoms. The van der Waals surface area contributed by atoms with E-state index in [1.165, 1.54) is 11.8 Å². The summed E-state index contributed by atoms with van der Waals surface area (Å²) in [7, 11) is 0. The molecule has 0 aliphatic heterocycles. The Hall–Kier alpha value is -0.930. The highest BCUT2D eigenvalue weighted by Gasteiger charge is 1.95. The molecule has 1 aromatic carbocycles. The first-order valence-corrected chi connectivity index (χ1v) is 5.21. The third-order valence-corrected chi connectivity index (χ3v) is 2.60. The Labute approximate surface area is 86.2 Å². The molecule has 2 aromatic rings. The van der Waals surface area contributed by atoms with Crippen molar-refractivity contribution in [2.75, 3.05) is 0 Å². The van der Waals surface area contributed by atoms with Crippen LogP contribution >= 0.6 is 24.0 Å². The van der Waals surface area contributed by atoms with Gasteiger partial charge in [0.05, 0.1) is 5.52 Å². The van der Waals surface area contributed by atoms with Gasteiger partial charge in [-0.3, -0.25) is 0 Å². The van der Waals surface area contributed by atoms with Crippen LogP contribution in [0.25, 0.3) is 10.9 Å². The van der Waals surface area contributed by atoms with Crippen molar-refractivity contribution in [1.29, 1.82) is 0 Å². The van der Waals surface area contributed by atoms with Crippen molar-refractivity contribution >= 4 is 39.6 Å². The van der Waals surface area contributed by atoms with Crippen LogP contribution in [0.3, 0.4) is 0 Å². The quantitative estimate of drug-likeness (QED) is 0.551. The topological polar surface area (TPSA) is 12.9 Å². The SMILES string of the molecule is S=CSc1ccc2ccccc2n1. The molecule has 0 spiro atoms. The average Bonchev–Trinajstić information content (AvgIpc) is 2.18. The van der Waals surface area contributed by atoms with E-state index in [1.54, 1.807) is 4.70 Å². The van der Waals surface area contributed by atoms with Gasteiger partial charge in [0.15, 0.2) is 0 Å². The Balaban J connectivity index is 2.55. The van der Waals surface area contributed by atoms with Crippen molar-refractivity contribution in [2.24, 2.45) is 0 Å². The molecule has 1 heterocycles. The van der Waals surface area contributed by atoms with Crippen molar-refractivity contribution in [1.82, 2.24) is 4.98 Å². The monoisotopic (exact) mass is 205 g/mol. The number of aromatic nitrogens is 1. The second-order valence-corrected chi connectivity index (χ2v) is 3.98. The lowest BCUT2D eigenvalue weighted by atomic mass is 10.2. The predicted molar refractivity (Wildman–Crippen MR) is 61.3 cm³/mol. The van der Waals surface area contributed by atoms with E-state index < -0.39 is 0 Å². The molecule has 0 amide bonds. The predicted octanol–water partition coefficient (Wildman–Crippen LogP) is 3.28. The number of para-hydroxylation sites is 1. The standard InChI is InChI=1S/C10H7NS2/c12-7-13-10-6-5-8-3-1-2-4-9(8)11-10/h1-7H. The molecule has 1 nitrogen and oxygen atoms in total. The van der Waals surface area contributed by atoms with Gasteiger partial charge in [0.1, 0.15) is 5.03 Å². The van der Waals surface area contributed by atoms with Crippen LogP contribution in [0.15, 0.2) is 41.4 Å². The van der Waals surface area contributed by atoms with Crippen LogP contribution in [0.5, 0.6) is 0 Å². The lowest BCUT2D eigenvalue weighted by Crippen LogP contribution is -1.80. The molecular formula is C10H7NS2. The fraction of sp³-hybridized carbons (Fsp3) is 0. The van der Waals surface area contributed by atoms with Crippen LogP contribution in [0.2, 0.25) is 0 Å². The molecular weight excluding hydrogens is 198 g/mol. The first-order chi connectivity index (χ1) is 6.40. The largest absolute Gasteiger partial charge is 0.241 e. The van der Waals surface area contributed by atoms with Crippen molar-refractivity contribution < 1.29 is 0 Å². The zero-order chi connectivity index (χ0) is 9.10. The summed E-state index contributed by atoms with van der Waals surface area (Å²) in [5, 5.41) is 2.12. The van der Waals surface area contributed by atoms with Gasteiger partial charge in [0, 0.05) is 10.1 Å². The van der Waals surface area contributed by atoms with Gasteiger partial charge >= 0.3 is 0 Å². The van der Waals surface area contributed by atoms with E-state index >= 15 is 0 Å². The van der Waals surface area contributed by atoms with Crippen molar-refractivity contribution in [3.05, 3.63) is 36.4 Å². The number of benzene rings is 1. The van der Waals surface area contributed by atoms with Gasteiger partial charge in [-0.15, -0.1) is 0 Å². The second kappa shape index (κ2) is 3.85. The zero-order valence-corrected chi connectivity index (χ0v) is 8.44. The van der Waals surface area contributed by atoms with Gasteiger partial charge < -0.3 is 0 Å². The van der Waals surface area contributed by atoms with E-state index in [0.717, 1.165) is 15.9 Å². The third kappa shape index (κ3) is 1.87. The van der Waals surface area contributed by atoms with E-state index in [1.807, 2.05) is 30.3 Å². The zero-order valence-electron chi connectivity index (χ0n) is 6.81. The molecule has 2 rings (SSSR count). The number of hydrogen-bond acceptors (Lipinski definition) is 3. The molecule has 0 aliphatic rings. The molecule has 13 heavy (non-hydrogen) atoms. The molecule has 0 saturated heterocycles. The maximum absolute atomic E-state index is 4.75. The maximum atomic E-state index is 4.75. The summed E-state index contributed by atoms with van der Waals surface area (Å²) >= 11 is 6.22. The number of thioether (sulfide) groups is 1. The van der Waals surface area contributed by atoms with E-state index in [2.05, 4.69) is 11.1 Å². The number of hydrogen-bond donors (Lipinski definition) is 0. The summed E-state index contributed by atoms with van der Waals surface area (Å²) in [6.07, 6.45) is 0. The molecule has 1 aromatic heterocycles. The van der Waals surface area contributed by atoms with Gasteiger partial charge in [-0.25, -0.2) is 4.98 Å². The first-order valence-electron chi connectivity index (χ1n) is 3.86. The normalized spacial score (nSPS) is 10.2.